The number of halogens is 1. The highest BCUT2D eigenvalue weighted by molar-refractivity contribution is 9.10. The lowest BCUT2D eigenvalue weighted by Gasteiger charge is -2.11. The Morgan fingerprint density at radius 1 is 1.14 bits per heavy atom. The Kier molecular flexibility index (Phi) is 6.38. The fourth-order valence-corrected chi connectivity index (χ4v) is 4.93. The molecule has 0 saturated carbocycles. The van der Waals surface area contributed by atoms with E-state index in [2.05, 4.69) is 26.0 Å². The Hall–Kier alpha value is -2.36. The predicted molar refractivity (Wildman–Crippen MR) is 113 cm³/mol. The van der Waals surface area contributed by atoms with E-state index in [1.54, 1.807) is 42.8 Å². The predicted octanol–water partition coefficient (Wildman–Crippen LogP) is 4.25. The molecule has 2 N–H and O–H groups in total. The summed E-state index contributed by atoms with van der Waals surface area (Å²) in [5.41, 5.74) is 1.65. The highest BCUT2D eigenvalue weighted by atomic mass is 79.9. The molecule has 28 heavy (non-hydrogen) atoms. The fourth-order valence-electron chi connectivity index (χ4n) is 2.47. The van der Waals surface area contributed by atoms with Gasteiger partial charge in [-0.25, -0.2) is 8.42 Å². The first-order chi connectivity index (χ1) is 13.4. The van der Waals surface area contributed by atoms with Crippen molar-refractivity contribution < 1.29 is 17.9 Å². The van der Waals surface area contributed by atoms with E-state index in [-0.39, 0.29) is 10.1 Å². The van der Waals surface area contributed by atoms with Gasteiger partial charge in [0.15, 0.2) is 0 Å². The van der Waals surface area contributed by atoms with Gasteiger partial charge >= 0.3 is 0 Å². The number of ether oxygens (including phenoxy) is 1. The molecule has 9 heteroatoms. The lowest BCUT2D eigenvalue weighted by molar-refractivity contribution is 0.0950. The van der Waals surface area contributed by atoms with Crippen molar-refractivity contribution in [3.63, 3.8) is 0 Å². The topological polar surface area (TPSA) is 84.5 Å². The number of amides is 1. The van der Waals surface area contributed by atoms with Crippen molar-refractivity contribution in [2.45, 2.75) is 10.8 Å². The van der Waals surface area contributed by atoms with Crippen molar-refractivity contribution in [3.8, 4) is 5.75 Å². The molecule has 3 aromatic rings. The number of carbonyl (C=O) groups excluding carboxylic acids is 1. The number of nitrogens with one attached hydrogen (secondary N) is 2. The van der Waals surface area contributed by atoms with Crippen molar-refractivity contribution in [2.24, 2.45) is 0 Å². The van der Waals surface area contributed by atoms with Crippen LogP contribution in [0.15, 0.2) is 68.7 Å². The van der Waals surface area contributed by atoms with E-state index in [1.165, 1.54) is 6.07 Å². The van der Waals surface area contributed by atoms with Crippen molar-refractivity contribution in [1.82, 2.24) is 5.32 Å². The second-order valence-electron chi connectivity index (χ2n) is 5.75. The van der Waals surface area contributed by atoms with Crippen LogP contribution in [0.5, 0.6) is 5.75 Å². The molecule has 3 rings (SSSR count). The first kappa shape index (κ1) is 20.4. The van der Waals surface area contributed by atoms with Crippen molar-refractivity contribution in [1.29, 1.82) is 0 Å². The summed E-state index contributed by atoms with van der Waals surface area (Å²) >= 11 is 4.54. The van der Waals surface area contributed by atoms with Gasteiger partial charge in [0.1, 0.15) is 9.96 Å². The van der Waals surface area contributed by atoms with Gasteiger partial charge in [0, 0.05) is 27.8 Å². The highest BCUT2D eigenvalue weighted by Crippen LogP contribution is 2.23. The fraction of sp³-hybridized carbons (Fsp3) is 0.105. The largest absolute Gasteiger partial charge is 0.496 e. The van der Waals surface area contributed by atoms with Crippen LogP contribution in [-0.2, 0) is 16.6 Å². The number of benzene rings is 2. The van der Waals surface area contributed by atoms with E-state index in [1.807, 2.05) is 18.2 Å². The van der Waals surface area contributed by atoms with Crippen LogP contribution in [0.25, 0.3) is 0 Å². The summed E-state index contributed by atoms with van der Waals surface area (Å²) in [5.74, 6) is 0.413. The summed E-state index contributed by atoms with van der Waals surface area (Å²) in [7, 11) is -2.04. The van der Waals surface area contributed by atoms with Crippen LogP contribution in [0, 0.1) is 0 Å². The van der Waals surface area contributed by atoms with Crippen LogP contribution in [0.1, 0.15) is 15.9 Å². The molecule has 146 valence electrons. The van der Waals surface area contributed by atoms with Gasteiger partial charge in [-0.3, -0.25) is 9.52 Å². The molecule has 1 amide bonds. The van der Waals surface area contributed by atoms with Crippen molar-refractivity contribution >= 4 is 48.9 Å². The van der Waals surface area contributed by atoms with Crippen LogP contribution in [-0.4, -0.2) is 21.4 Å². The molecule has 0 aliphatic heterocycles. The second-order valence-corrected chi connectivity index (χ2v) is 9.53. The van der Waals surface area contributed by atoms with Crippen LogP contribution < -0.4 is 14.8 Å². The van der Waals surface area contributed by atoms with Gasteiger partial charge in [-0.1, -0.05) is 22.0 Å². The Labute approximate surface area is 175 Å². The number of anilines is 1. The van der Waals surface area contributed by atoms with Crippen LogP contribution >= 0.6 is 27.3 Å². The molecule has 0 radical (unpaired) electrons. The number of sulfonamides is 1. The Balaban J connectivity index is 1.65. The quantitative estimate of drug-likeness (QED) is 0.529. The van der Waals surface area contributed by atoms with Gasteiger partial charge < -0.3 is 10.1 Å². The lowest BCUT2D eigenvalue weighted by Crippen LogP contribution is -2.23. The van der Waals surface area contributed by atoms with E-state index in [0.717, 1.165) is 21.4 Å². The van der Waals surface area contributed by atoms with Gasteiger partial charge in [0.05, 0.1) is 7.11 Å². The van der Waals surface area contributed by atoms with Gasteiger partial charge in [-0.05, 0) is 53.9 Å². The van der Waals surface area contributed by atoms with E-state index in [0.29, 0.717) is 23.5 Å². The molecule has 0 atom stereocenters. The zero-order valence-corrected chi connectivity index (χ0v) is 18.0. The maximum Gasteiger partial charge on any atom is 0.271 e. The van der Waals surface area contributed by atoms with Crippen molar-refractivity contribution in [3.05, 3.63) is 75.6 Å². The Bertz CT molecular complexity index is 1070. The maximum atomic E-state index is 12.4. The summed E-state index contributed by atoms with van der Waals surface area (Å²) in [6.07, 6.45) is 0. The molecule has 0 aliphatic carbocycles. The SMILES string of the molecule is COc1ccc(Br)cc1CNC(=O)c1ccc(NS(=O)(=O)c2cccs2)cc1. The summed E-state index contributed by atoms with van der Waals surface area (Å²) < 4.78 is 33.4. The van der Waals surface area contributed by atoms with Gasteiger partial charge in [0.25, 0.3) is 15.9 Å². The Morgan fingerprint density at radius 2 is 1.89 bits per heavy atom. The van der Waals surface area contributed by atoms with Crippen LogP contribution in [0.4, 0.5) is 5.69 Å². The maximum absolute atomic E-state index is 12.4. The lowest BCUT2D eigenvalue weighted by atomic mass is 10.1. The highest BCUT2D eigenvalue weighted by Gasteiger charge is 2.15. The number of carbonyl (C=O) groups is 1. The average molecular weight is 481 g/mol. The number of hydrogen-bond donors (Lipinski definition) is 2. The number of methoxy groups -OCH3 is 1. The number of hydrogen-bond acceptors (Lipinski definition) is 5. The van der Waals surface area contributed by atoms with E-state index >= 15 is 0 Å². The van der Waals surface area contributed by atoms with Gasteiger partial charge in [-0.2, -0.15) is 0 Å². The summed E-state index contributed by atoms with van der Waals surface area (Å²) in [5, 5.41) is 4.53. The smallest absolute Gasteiger partial charge is 0.271 e. The monoisotopic (exact) mass is 480 g/mol. The normalized spacial score (nSPS) is 11.1. The average Bonchev–Trinajstić information content (AvgIpc) is 3.22. The Morgan fingerprint density at radius 3 is 2.54 bits per heavy atom. The first-order valence-corrected chi connectivity index (χ1v) is 11.3. The number of thiophene rings is 1. The molecule has 0 bridgehead atoms. The van der Waals surface area contributed by atoms with E-state index < -0.39 is 10.0 Å². The third kappa shape index (κ3) is 4.92. The van der Waals surface area contributed by atoms with E-state index in [4.69, 9.17) is 4.74 Å². The van der Waals surface area contributed by atoms with Gasteiger partial charge in [-0.15, -0.1) is 11.3 Å². The zero-order chi connectivity index (χ0) is 20.1. The molecule has 1 aromatic heterocycles. The summed E-state index contributed by atoms with van der Waals surface area (Å²) in [6.45, 7) is 0.300. The minimum atomic E-state index is -3.61. The second kappa shape index (κ2) is 8.76. The molecule has 1 heterocycles. The van der Waals surface area contributed by atoms with Gasteiger partial charge in [0.2, 0.25) is 0 Å². The molecule has 0 fully saturated rings. The molecular formula is C19H17BrN2O4S2. The molecule has 0 aliphatic rings. The zero-order valence-electron chi connectivity index (χ0n) is 14.8. The summed E-state index contributed by atoms with van der Waals surface area (Å²) in [4.78, 5) is 12.4. The van der Waals surface area contributed by atoms with Crippen LogP contribution in [0.2, 0.25) is 0 Å². The van der Waals surface area contributed by atoms with Crippen LogP contribution in [0.3, 0.4) is 0 Å². The first-order valence-electron chi connectivity index (χ1n) is 8.16. The van der Waals surface area contributed by atoms with E-state index in [9.17, 15) is 13.2 Å². The summed E-state index contributed by atoms with van der Waals surface area (Å²) in [6, 6.07) is 15.0. The number of rotatable bonds is 7. The minimum Gasteiger partial charge on any atom is -0.496 e. The third-order valence-electron chi connectivity index (χ3n) is 3.84. The minimum absolute atomic E-state index is 0.234. The molecular weight excluding hydrogens is 464 g/mol. The standard InChI is InChI=1S/C19H17BrN2O4S2/c1-26-17-9-6-15(20)11-14(17)12-21-19(23)13-4-7-16(8-5-13)22-28(24,25)18-3-2-10-27-18/h2-11,22H,12H2,1H3,(H,21,23). The molecule has 2 aromatic carbocycles. The van der Waals surface area contributed by atoms with Crippen molar-refractivity contribution in [2.75, 3.05) is 11.8 Å². The molecule has 6 nitrogen and oxygen atoms in total. The molecule has 0 spiro atoms. The molecule has 0 unspecified atom stereocenters. The molecule has 0 saturated heterocycles. The third-order valence-corrected chi connectivity index (χ3v) is 7.11.